The van der Waals surface area contributed by atoms with E-state index in [1.165, 1.54) is 0 Å². The third-order valence-corrected chi connectivity index (χ3v) is 5.10. The third-order valence-electron chi connectivity index (χ3n) is 5.10. The van der Waals surface area contributed by atoms with Crippen molar-refractivity contribution < 1.29 is 19.0 Å². The van der Waals surface area contributed by atoms with Gasteiger partial charge in [0.05, 0.1) is 38.9 Å². The lowest BCUT2D eigenvalue weighted by Crippen LogP contribution is -2.39. The molecular formula is C21H28N4O4. The minimum Gasteiger partial charge on any atom is -0.493 e. The van der Waals surface area contributed by atoms with Gasteiger partial charge in [0, 0.05) is 38.0 Å². The highest BCUT2D eigenvalue weighted by Crippen LogP contribution is 2.39. The molecule has 2 N–H and O–H groups in total. The van der Waals surface area contributed by atoms with Gasteiger partial charge in [-0.05, 0) is 30.9 Å². The number of hydrogen-bond acceptors (Lipinski definition) is 6. The van der Waals surface area contributed by atoms with E-state index < -0.39 is 0 Å². The zero-order valence-corrected chi connectivity index (χ0v) is 17.1. The smallest absolute Gasteiger partial charge is 0.319 e. The molecule has 0 aliphatic carbocycles. The summed E-state index contributed by atoms with van der Waals surface area (Å²) in [5.41, 5.74) is 1.72. The van der Waals surface area contributed by atoms with E-state index in [4.69, 9.17) is 14.2 Å². The van der Waals surface area contributed by atoms with E-state index in [2.05, 4.69) is 26.6 Å². The maximum atomic E-state index is 12.3. The van der Waals surface area contributed by atoms with Crippen molar-refractivity contribution in [1.82, 2.24) is 10.3 Å². The van der Waals surface area contributed by atoms with Crippen LogP contribution in [0.15, 0.2) is 36.7 Å². The Bertz CT molecular complexity index is 783. The predicted octanol–water partition coefficient (Wildman–Crippen LogP) is 3.15. The van der Waals surface area contributed by atoms with Gasteiger partial charge in [-0.25, -0.2) is 4.79 Å². The summed E-state index contributed by atoms with van der Waals surface area (Å²) < 4.78 is 15.9. The number of benzene rings is 1. The van der Waals surface area contributed by atoms with Crippen LogP contribution in [0.25, 0.3) is 0 Å². The lowest BCUT2D eigenvalue weighted by molar-refractivity contribution is 0.248. The second kappa shape index (κ2) is 9.86. The van der Waals surface area contributed by atoms with E-state index in [1.54, 1.807) is 39.7 Å². The number of ether oxygens (including phenoxy) is 3. The molecule has 2 heterocycles. The number of aromatic nitrogens is 1. The highest BCUT2D eigenvalue weighted by molar-refractivity contribution is 5.90. The van der Waals surface area contributed by atoms with Gasteiger partial charge in [0.2, 0.25) is 5.75 Å². The lowest BCUT2D eigenvalue weighted by atomic mass is 9.96. The summed E-state index contributed by atoms with van der Waals surface area (Å²) in [4.78, 5) is 18.9. The van der Waals surface area contributed by atoms with Crippen molar-refractivity contribution in [2.45, 2.75) is 12.8 Å². The van der Waals surface area contributed by atoms with Gasteiger partial charge in [0.1, 0.15) is 0 Å². The Morgan fingerprint density at radius 1 is 1.14 bits per heavy atom. The number of hydrogen-bond donors (Lipinski definition) is 2. The Labute approximate surface area is 171 Å². The molecule has 0 radical (unpaired) electrons. The summed E-state index contributed by atoms with van der Waals surface area (Å²) in [6.45, 7) is 2.57. The van der Waals surface area contributed by atoms with Gasteiger partial charge >= 0.3 is 6.03 Å². The van der Waals surface area contributed by atoms with Gasteiger partial charge in [0.25, 0.3) is 0 Å². The number of carbonyl (C=O) groups is 1. The number of methoxy groups -OCH3 is 3. The van der Waals surface area contributed by atoms with Gasteiger partial charge in [-0.15, -0.1) is 0 Å². The van der Waals surface area contributed by atoms with Crippen LogP contribution in [-0.4, -0.2) is 52.0 Å². The Morgan fingerprint density at radius 2 is 1.83 bits per heavy atom. The number of amides is 2. The maximum absolute atomic E-state index is 12.3. The quantitative estimate of drug-likeness (QED) is 0.743. The van der Waals surface area contributed by atoms with Gasteiger partial charge < -0.3 is 29.7 Å². The first kappa shape index (κ1) is 20.6. The number of piperidine rings is 1. The zero-order valence-electron chi connectivity index (χ0n) is 17.1. The van der Waals surface area contributed by atoms with Crippen LogP contribution >= 0.6 is 0 Å². The number of nitrogens with one attached hydrogen (secondary N) is 2. The molecule has 0 atom stereocenters. The minimum absolute atomic E-state index is 0.256. The van der Waals surface area contributed by atoms with E-state index in [0.29, 0.717) is 35.4 Å². The standard InChI is InChI=1S/C21H28N4O4/c1-27-18-11-16(12-19(28-2)20(18)29-3)24-21(26)23-13-15-6-9-25(10-7-15)17-5-4-8-22-14-17/h4-5,8,11-12,14-15H,6-7,9-10,13H2,1-3H3,(H2,23,24,26). The van der Waals surface area contributed by atoms with Crippen LogP contribution in [0.5, 0.6) is 17.2 Å². The van der Waals surface area contributed by atoms with Crippen molar-refractivity contribution in [2.24, 2.45) is 5.92 Å². The third kappa shape index (κ3) is 5.22. The molecule has 1 aliphatic heterocycles. The number of urea groups is 1. The van der Waals surface area contributed by atoms with Crippen LogP contribution in [0.1, 0.15) is 12.8 Å². The van der Waals surface area contributed by atoms with Gasteiger partial charge in [-0.1, -0.05) is 0 Å². The topological polar surface area (TPSA) is 85.0 Å². The van der Waals surface area contributed by atoms with Crippen LogP contribution in [0.2, 0.25) is 0 Å². The van der Waals surface area contributed by atoms with Crippen molar-refractivity contribution in [3.63, 3.8) is 0 Å². The molecule has 0 bridgehead atoms. The Morgan fingerprint density at radius 3 is 2.38 bits per heavy atom. The molecular weight excluding hydrogens is 372 g/mol. The van der Waals surface area contributed by atoms with Crippen LogP contribution in [0.3, 0.4) is 0 Å². The first-order valence-electron chi connectivity index (χ1n) is 9.64. The Hall–Kier alpha value is -3.16. The molecule has 1 fully saturated rings. The van der Waals surface area contributed by atoms with E-state index in [1.807, 2.05) is 12.3 Å². The number of anilines is 2. The molecule has 2 amide bonds. The average molecular weight is 400 g/mol. The molecule has 0 spiro atoms. The molecule has 1 aliphatic rings. The second-order valence-corrected chi connectivity index (χ2v) is 6.89. The van der Waals surface area contributed by atoms with E-state index in [-0.39, 0.29) is 6.03 Å². The second-order valence-electron chi connectivity index (χ2n) is 6.89. The average Bonchev–Trinajstić information content (AvgIpc) is 2.78. The molecule has 8 nitrogen and oxygen atoms in total. The molecule has 0 unspecified atom stereocenters. The monoisotopic (exact) mass is 400 g/mol. The molecule has 8 heteroatoms. The lowest BCUT2D eigenvalue weighted by Gasteiger charge is -2.33. The van der Waals surface area contributed by atoms with E-state index in [0.717, 1.165) is 31.6 Å². The maximum Gasteiger partial charge on any atom is 0.319 e. The molecule has 29 heavy (non-hydrogen) atoms. The van der Waals surface area contributed by atoms with E-state index in [9.17, 15) is 4.79 Å². The minimum atomic E-state index is -0.256. The first-order chi connectivity index (χ1) is 14.1. The van der Waals surface area contributed by atoms with Crippen LogP contribution in [-0.2, 0) is 0 Å². The molecule has 1 aromatic carbocycles. The summed E-state index contributed by atoms with van der Waals surface area (Å²) in [5, 5.41) is 5.80. The Kier molecular flexibility index (Phi) is 6.99. The van der Waals surface area contributed by atoms with Crippen LogP contribution in [0, 0.1) is 5.92 Å². The van der Waals surface area contributed by atoms with Crippen LogP contribution < -0.4 is 29.7 Å². The number of pyridine rings is 1. The number of rotatable bonds is 7. The summed E-state index contributed by atoms with van der Waals surface area (Å²) in [6, 6.07) is 7.18. The molecule has 156 valence electrons. The first-order valence-corrected chi connectivity index (χ1v) is 9.64. The highest BCUT2D eigenvalue weighted by Gasteiger charge is 2.20. The predicted molar refractivity (Wildman–Crippen MR) is 112 cm³/mol. The summed E-state index contributed by atoms with van der Waals surface area (Å²) in [5.74, 6) is 1.92. The van der Waals surface area contributed by atoms with Gasteiger partial charge in [0.15, 0.2) is 11.5 Å². The fourth-order valence-corrected chi connectivity index (χ4v) is 3.50. The van der Waals surface area contributed by atoms with Crippen molar-refractivity contribution in [2.75, 3.05) is 51.2 Å². The summed E-state index contributed by atoms with van der Waals surface area (Å²) in [7, 11) is 4.62. The van der Waals surface area contributed by atoms with Gasteiger partial charge in [-0.2, -0.15) is 0 Å². The molecule has 3 rings (SSSR count). The molecule has 2 aromatic rings. The normalized spacial score (nSPS) is 14.2. The van der Waals surface area contributed by atoms with Crippen molar-refractivity contribution >= 4 is 17.4 Å². The SMILES string of the molecule is COc1cc(NC(=O)NCC2CCN(c3cccnc3)CC2)cc(OC)c1OC. The van der Waals surface area contributed by atoms with Crippen molar-refractivity contribution in [3.05, 3.63) is 36.7 Å². The highest BCUT2D eigenvalue weighted by atomic mass is 16.5. The summed E-state index contributed by atoms with van der Waals surface area (Å²) >= 11 is 0. The summed E-state index contributed by atoms with van der Waals surface area (Å²) in [6.07, 6.45) is 5.73. The number of carbonyl (C=O) groups excluding carboxylic acids is 1. The van der Waals surface area contributed by atoms with Crippen molar-refractivity contribution in [3.8, 4) is 17.2 Å². The fraction of sp³-hybridized carbons (Fsp3) is 0.429. The Balaban J connectivity index is 1.49. The zero-order chi connectivity index (χ0) is 20.6. The molecule has 1 saturated heterocycles. The van der Waals surface area contributed by atoms with Gasteiger partial charge in [-0.3, -0.25) is 4.98 Å². The largest absolute Gasteiger partial charge is 0.493 e. The molecule has 0 saturated carbocycles. The van der Waals surface area contributed by atoms with Crippen LogP contribution in [0.4, 0.5) is 16.2 Å². The van der Waals surface area contributed by atoms with Crippen molar-refractivity contribution in [1.29, 1.82) is 0 Å². The molecule has 1 aromatic heterocycles. The number of nitrogens with zero attached hydrogens (tertiary/aromatic N) is 2. The fourth-order valence-electron chi connectivity index (χ4n) is 3.50. The van der Waals surface area contributed by atoms with E-state index >= 15 is 0 Å².